The van der Waals surface area contributed by atoms with E-state index in [0.29, 0.717) is 6.42 Å². The highest BCUT2D eigenvalue weighted by molar-refractivity contribution is 9.09. The van der Waals surface area contributed by atoms with Gasteiger partial charge in [-0.3, -0.25) is 0 Å². The molecule has 72 valence electrons. The van der Waals surface area contributed by atoms with Crippen LogP contribution < -0.4 is 0 Å². The predicted octanol–water partition coefficient (Wildman–Crippen LogP) is 3.72. The largest absolute Gasteiger partial charge is 0.300 e. The molecule has 0 rings (SSSR count). The number of carbonyl (C=O) groups excluding carboxylic acids is 1. The van der Waals surface area contributed by atoms with Gasteiger partial charge in [-0.15, -0.1) is 0 Å². The smallest absolute Gasteiger partial charge is 0.129 e. The predicted molar refractivity (Wildman–Crippen MR) is 58.8 cm³/mol. The Bertz CT molecular complexity index is 139. The van der Waals surface area contributed by atoms with Crippen LogP contribution in [0.25, 0.3) is 0 Å². The van der Waals surface area contributed by atoms with E-state index in [1.807, 2.05) is 6.92 Å². The number of Topliss-reactive ketones (excluding diaryl/α,β-unsaturated/α-hetero) is 1. The number of rotatable bonds is 3. The molecular formula is C10H19BrO. The van der Waals surface area contributed by atoms with Crippen LogP contribution in [0, 0.1) is 0 Å². The number of alkyl halides is 1. The Hall–Kier alpha value is -0.110. The van der Waals surface area contributed by atoms with Crippen molar-refractivity contribution in [2.45, 2.75) is 40.5 Å². The Morgan fingerprint density at radius 2 is 1.67 bits per heavy atom. The Morgan fingerprint density at radius 3 is 1.75 bits per heavy atom. The summed E-state index contributed by atoms with van der Waals surface area (Å²) < 4.78 is 0. The molecule has 0 bridgehead atoms. The van der Waals surface area contributed by atoms with Crippen molar-refractivity contribution in [2.75, 3.05) is 5.33 Å². The van der Waals surface area contributed by atoms with Crippen molar-refractivity contribution < 1.29 is 4.79 Å². The van der Waals surface area contributed by atoms with Gasteiger partial charge in [-0.05, 0) is 20.3 Å². The third-order valence-electron chi connectivity index (χ3n) is 1.48. The van der Waals surface area contributed by atoms with Gasteiger partial charge < -0.3 is 4.79 Å². The molecule has 0 N–H and O–H groups in total. The first-order valence-corrected chi connectivity index (χ1v) is 5.41. The lowest BCUT2D eigenvalue weighted by atomic mass is 10.2. The minimum Gasteiger partial charge on any atom is -0.300 e. The molecule has 2 heteroatoms. The van der Waals surface area contributed by atoms with E-state index in [0.717, 1.165) is 5.33 Å². The van der Waals surface area contributed by atoms with Crippen LogP contribution in [0.4, 0.5) is 0 Å². The van der Waals surface area contributed by atoms with E-state index in [9.17, 15) is 4.79 Å². The van der Waals surface area contributed by atoms with Crippen LogP contribution >= 0.6 is 15.9 Å². The van der Waals surface area contributed by atoms with E-state index in [1.165, 1.54) is 12.0 Å². The zero-order valence-electron chi connectivity index (χ0n) is 8.48. The van der Waals surface area contributed by atoms with Gasteiger partial charge in [0.15, 0.2) is 0 Å². The molecule has 0 aromatic heterocycles. The zero-order chi connectivity index (χ0) is 9.98. The molecule has 0 aliphatic carbocycles. The lowest BCUT2D eigenvalue weighted by Crippen LogP contribution is -1.80. The first-order valence-electron chi connectivity index (χ1n) is 4.29. The molecule has 0 radical (unpaired) electrons. The molecule has 0 atom stereocenters. The lowest BCUT2D eigenvalue weighted by Gasteiger charge is -1.87. The van der Waals surface area contributed by atoms with Crippen molar-refractivity contribution in [1.29, 1.82) is 0 Å². The maximum absolute atomic E-state index is 9.81. The van der Waals surface area contributed by atoms with Crippen molar-refractivity contribution in [1.82, 2.24) is 0 Å². The molecule has 0 saturated heterocycles. The maximum atomic E-state index is 9.81. The summed E-state index contributed by atoms with van der Waals surface area (Å²) in [4.78, 5) is 9.81. The fourth-order valence-electron chi connectivity index (χ4n) is 0.276. The van der Waals surface area contributed by atoms with Crippen LogP contribution in [0.15, 0.2) is 11.6 Å². The zero-order valence-corrected chi connectivity index (χ0v) is 10.1. The monoisotopic (exact) mass is 234 g/mol. The number of carbonyl (C=O) groups is 1. The van der Waals surface area contributed by atoms with Gasteiger partial charge in [0.2, 0.25) is 0 Å². The number of hydrogen-bond donors (Lipinski definition) is 0. The van der Waals surface area contributed by atoms with E-state index in [-0.39, 0.29) is 5.78 Å². The highest BCUT2D eigenvalue weighted by Crippen LogP contribution is 1.97. The SMILES string of the molecule is CC/C(C)=C/CBr.CCC(C)=O. The molecule has 0 saturated carbocycles. The number of ketones is 1. The van der Waals surface area contributed by atoms with E-state index < -0.39 is 0 Å². The van der Waals surface area contributed by atoms with E-state index in [1.54, 1.807) is 6.92 Å². The molecule has 0 amide bonds. The summed E-state index contributed by atoms with van der Waals surface area (Å²) >= 11 is 3.31. The van der Waals surface area contributed by atoms with Gasteiger partial charge in [-0.2, -0.15) is 0 Å². The summed E-state index contributed by atoms with van der Waals surface area (Å²) in [5, 5.41) is 0.993. The molecule has 12 heavy (non-hydrogen) atoms. The minimum atomic E-state index is 0.255. The Labute approximate surface area is 84.4 Å². The second-order valence-electron chi connectivity index (χ2n) is 2.61. The molecule has 0 unspecified atom stereocenters. The van der Waals surface area contributed by atoms with Crippen LogP contribution in [0.5, 0.6) is 0 Å². The first-order chi connectivity index (χ1) is 5.58. The summed E-state index contributed by atoms with van der Waals surface area (Å²) in [6.07, 6.45) is 4.02. The molecule has 0 spiro atoms. The molecule has 1 nitrogen and oxygen atoms in total. The quantitative estimate of drug-likeness (QED) is 0.538. The van der Waals surface area contributed by atoms with Gasteiger partial charge in [-0.1, -0.05) is 41.4 Å². The third-order valence-corrected chi connectivity index (χ3v) is 1.80. The van der Waals surface area contributed by atoms with E-state index in [2.05, 4.69) is 35.9 Å². The molecule has 0 aromatic carbocycles. The molecule has 0 aliphatic heterocycles. The fraction of sp³-hybridized carbons (Fsp3) is 0.700. The van der Waals surface area contributed by atoms with E-state index in [4.69, 9.17) is 0 Å². The molecule has 0 aromatic rings. The lowest BCUT2D eigenvalue weighted by molar-refractivity contribution is -0.116. The molecular weight excluding hydrogens is 216 g/mol. The van der Waals surface area contributed by atoms with Gasteiger partial charge >= 0.3 is 0 Å². The van der Waals surface area contributed by atoms with Crippen LogP contribution in [-0.2, 0) is 4.79 Å². The fourth-order valence-corrected chi connectivity index (χ4v) is 0.829. The summed E-state index contributed by atoms with van der Waals surface area (Å²) in [6, 6.07) is 0. The van der Waals surface area contributed by atoms with Crippen LogP contribution in [-0.4, -0.2) is 11.1 Å². The number of halogens is 1. The van der Waals surface area contributed by atoms with Crippen LogP contribution in [0.3, 0.4) is 0 Å². The normalized spacial score (nSPS) is 10.2. The second kappa shape index (κ2) is 10.9. The summed E-state index contributed by atoms with van der Waals surface area (Å²) in [6.45, 7) is 7.73. The van der Waals surface area contributed by atoms with Gasteiger partial charge in [-0.25, -0.2) is 0 Å². The Kier molecular flexibility index (Phi) is 13.1. The summed E-state index contributed by atoms with van der Waals surface area (Å²) in [5.41, 5.74) is 1.46. The maximum Gasteiger partial charge on any atom is 0.129 e. The Balaban J connectivity index is 0. The number of hydrogen-bond acceptors (Lipinski definition) is 1. The Morgan fingerprint density at radius 1 is 1.25 bits per heavy atom. The number of allylic oxidation sites excluding steroid dienone is 2. The van der Waals surface area contributed by atoms with E-state index >= 15 is 0 Å². The van der Waals surface area contributed by atoms with Crippen molar-refractivity contribution >= 4 is 21.7 Å². The summed E-state index contributed by atoms with van der Waals surface area (Å²) in [7, 11) is 0. The van der Waals surface area contributed by atoms with Crippen molar-refractivity contribution in [2.24, 2.45) is 0 Å². The average molecular weight is 235 g/mol. The van der Waals surface area contributed by atoms with Gasteiger partial charge in [0.05, 0.1) is 0 Å². The second-order valence-corrected chi connectivity index (χ2v) is 3.26. The van der Waals surface area contributed by atoms with Crippen molar-refractivity contribution in [3.8, 4) is 0 Å². The standard InChI is InChI=1S/C6H11Br.C4H8O/c1-3-6(2)4-5-7;1-3-4(2)5/h4H,3,5H2,1-2H3;3H2,1-2H3/b6-4+;. The van der Waals surface area contributed by atoms with Crippen LogP contribution in [0.2, 0.25) is 0 Å². The molecule has 0 heterocycles. The average Bonchev–Trinajstić information content (AvgIpc) is 2.06. The first kappa shape index (κ1) is 14.4. The third kappa shape index (κ3) is 16.5. The van der Waals surface area contributed by atoms with Gasteiger partial charge in [0, 0.05) is 11.8 Å². The van der Waals surface area contributed by atoms with Crippen molar-refractivity contribution in [3.63, 3.8) is 0 Å². The summed E-state index contributed by atoms with van der Waals surface area (Å²) in [5.74, 6) is 0.255. The molecule has 0 aliphatic rings. The highest BCUT2D eigenvalue weighted by atomic mass is 79.9. The minimum absolute atomic E-state index is 0.255. The van der Waals surface area contributed by atoms with Crippen LogP contribution in [0.1, 0.15) is 40.5 Å². The van der Waals surface area contributed by atoms with Crippen molar-refractivity contribution in [3.05, 3.63) is 11.6 Å². The molecule has 0 fully saturated rings. The highest BCUT2D eigenvalue weighted by Gasteiger charge is 1.77. The van der Waals surface area contributed by atoms with Gasteiger partial charge in [0.1, 0.15) is 5.78 Å². The van der Waals surface area contributed by atoms with Gasteiger partial charge in [0.25, 0.3) is 0 Å². The topological polar surface area (TPSA) is 17.1 Å².